The number of piperidine rings is 1. The Hall–Kier alpha value is -2.90. The molecule has 1 aromatic heterocycles. The number of anilines is 1. The minimum atomic E-state index is -0.895. The van der Waals surface area contributed by atoms with E-state index < -0.39 is 5.54 Å². The first-order valence-corrected chi connectivity index (χ1v) is 8.79. The van der Waals surface area contributed by atoms with Gasteiger partial charge in [-0.05, 0) is 38.0 Å². The van der Waals surface area contributed by atoms with Gasteiger partial charge in [0.15, 0.2) is 5.69 Å². The fourth-order valence-corrected chi connectivity index (χ4v) is 3.38. The van der Waals surface area contributed by atoms with Crippen LogP contribution in [0.15, 0.2) is 34.9 Å². The third-order valence-electron chi connectivity index (χ3n) is 4.78. The molecule has 0 aliphatic carbocycles. The number of likely N-dealkylation sites (N-methyl/N-ethyl adjacent to an activating group) is 1. The van der Waals surface area contributed by atoms with Crippen molar-refractivity contribution in [3.05, 3.63) is 47.6 Å². The molecule has 0 unspecified atom stereocenters. The van der Waals surface area contributed by atoms with Gasteiger partial charge < -0.3 is 19.6 Å². The van der Waals surface area contributed by atoms with E-state index >= 15 is 0 Å². The number of likely N-dealkylation sites (tertiary alicyclic amines) is 1. The molecule has 1 N–H and O–H groups in total. The lowest BCUT2D eigenvalue weighted by Crippen LogP contribution is -2.58. The topological polar surface area (TPSA) is 78.7 Å². The second-order valence-electron chi connectivity index (χ2n) is 7.03. The molecule has 0 atom stereocenters. The number of aryl methyl sites for hydroxylation is 1. The Morgan fingerprint density at radius 2 is 1.96 bits per heavy atom. The molecule has 2 amide bonds. The molecule has 3 rings (SSSR count). The maximum Gasteiger partial charge on any atom is 0.276 e. The van der Waals surface area contributed by atoms with Crippen LogP contribution in [0, 0.1) is 12.7 Å². The number of carbonyl (C=O) groups is 2. The Balaban J connectivity index is 1.78. The van der Waals surface area contributed by atoms with Crippen molar-refractivity contribution < 1.29 is 18.5 Å². The average molecular weight is 374 g/mol. The summed E-state index contributed by atoms with van der Waals surface area (Å²) in [7, 11) is 3.38. The van der Waals surface area contributed by atoms with Crippen LogP contribution in [0.1, 0.15) is 29.1 Å². The molecule has 0 bridgehead atoms. The summed E-state index contributed by atoms with van der Waals surface area (Å²) in [5.74, 6) is -0.124. The highest BCUT2D eigenvalue weighted by atomic mass is 19.1. The predicted octanol–water partition coefficient (Wildman–Crippen LogP) is 2.30. The van der Waals surface area contributed by atoms with Gasteiger partial charge >= 0.3 is 0 Å². The minimum Gasteiger partial charge on any atom is -0.371 e. The van der Waals surface area contributed by atoms with E-state index in [1.54, 1.807) is 44.1 Å². The van der Waals surface area contributed by atoms with Crippen molar-refractivity contribution in [2.75, 3.05) is 32.5 Å². The molecule has 0 saturated carbocycles. The van der Waals surface area contributed by atoms with Crippen LogP contribution in [0.5, 0.6) is 0 Å². The third-order valence-corrected chi connectivity index (χ3v) is 4.78. The van der Waals surface area contributed by atoms with Gasteiger partial charge in [0.1, 0.15) is 17.1 Å². The zero-order chi connectivity index (χ0) is 19.6. The number of benzene rings is 1. The maximum absolute atomic E-state index is 13.6. The smallest absolute Gasteiger partial charge is 0.276 e. The van der Waals surface area contributed by atoms with E-state index in [9.17, 15) is 14.0 Å². The van der Waals surface area contributed by atoms with E-state index in [0.29, 0.717) is 37.4 Å². The number of halogens is 1. The second-order valence-corrected chi connectivity index (χ2v) is 7.03. The summed E-state index contributed by atoms with van der Waals surface area (Å²) < 4.78 is 18.5. The van der Waals surface area contributed by atoms with Crippen molar-refractivity contribution in [3.63, 3.8) is 0 Å². The molecule has 0 spiro atoms. The lowest BCUT2D eigenvalue weighted by atomic mass is 9.85. The van der Waals surface area contributed by atoms with Gasteiger partial charge in [-0.3, -0.25) is 9.59 Å². The number of hydrogen-bond acceptors (Lipinski definition) is 5. The van der Waals surface area contributed by atoms with Crippen LogP contribution in [0.3, 0.4) is 0 Å². The van der Waals surface area contributed by atoms with E-state index in [1.807, 2.05) is 0 Å². The summed E-state index contributed by atoms with van der Waals surface area (Å²) >= 11 is 0. The van der Waals surface area contributed by atoms with Gasteiger partial charge in [-0.25, -0.2) is 4.39 Å². The molecular formula is C19H23FN4O3. The van der Waals surface area contributed by atoms with E-state index in [1.165, 1.54) is 17.0 Å². The van der Waals surface area contributed by atoms with Gasteiger partial charge in [-0.1, -0.05) is 11.2 Å². The van der Waals surface area contributed by atoms with Crippen LogP contribution in [0.2, 0.25) is 0 Å². The quantitative estimate of drug-likeness (QED) is 0.888. The molecular weight excluding hydrogens is 351 g/mol. The molecule has 144 valence electrons. The highest BCUT2D eigenvalue weighted by Crippen LogP contribution is 2.30. The first-order chi connectivity index (χ1) is 12.8. The summed E-state index contributed by atoms with van der Waals surface area (Å²) in [4.78, 5) is 28.6. The Morgan fingerprint density at radius 3 is 2.52 bits per heavy atom. The zero-order valence-corrected chi connectivity index (χ0v) is 15.7. The number of nitrogens with zero attached hydrogens (tertiary/aromatic N) is 3. The molecule has 1 aliphatic rings. The normalized spacial score (nSPS) is 16.1. The Kier molecular flexibility index (Phi) is 5.16. The average Bonchev–Trinajstić information content (AvgIpc) is 3.07. The molecule has 7 nitrogen and oxygen atoms in total. The van der Waals surface area contributed by atoms with Crippen LogP contribution < -0.4 is 5.32 Å². The molecule has 0 radical (unpaired) electrons. The Bertz CT molecular complexity index is 841. The van der Waals surface area contributed by atoms with Gasteiger partial charge in [-0.2, -0.15) is 0 Å². The standard InChI is InChI=1S/C19H23FN4O3/c1-13-11-16(22-27-13)17(25)24-9-7-19(8-10-24,18(26)23(2)3)21-15-6-4-5-14(20)12-15/h4-6,11-12,21H,7-10H2,1-3H3. The first kappa shape index (κ1) is 18.9. The molecule has 1 aliphatic heterocycles. The lowest BCUT2D eigenvalue weighted by Gasteiger charge is -2.42. The molecule has 27 heavy (non-hydrogen) atoms. The van der Waals surface area contributed by atoms with Crippen molar-refractivity contribution in [1.29, 1.82) is 0 Å². The Labute approximate surface area is 157 Å². The first-order valence-electron chi connectivity index (χ1n) is 8.79. The number of rotatable bonds is 4. The van der Waals surface area contributed by atoms with Gasteiger partial charge in [0.25, 0.3) is 5.91 Å². The second kappa shape index (κ2) is 7.38. The fourth-order valence-electron chi connectivity index (χ4n) is 3.38. The van der Waals surface area contributed by atoms with Gasteiger partial charge in [-0.15, -0.1) is 0 Å². The molecule has 2 aromatic rings. The number of aromatic nitrogens is 1. The number of amides is 2. The minimum absolute atomic E-state index is 0.101. The molecule has 2 heterocycles. The number of nitrogens with one attached hydrogen (secondary N) is 1. The van der Waals surface area contributed by atoms with Gasteiger partial charge in [0.05, 0.1) is 0 Å². The molecule has 1 fully saturated rings. The summed E-state index contributed by atoms with van der Waals surface area (Å²) in [6.07, 6.45) is 0.812. The van der Waals surface area contributed by atoms with Crippen LogP contribution in [0.4, 0.5) is 10.1 Å². The van der Waals surface area contributed by atoms with Crippen molar-refractivity contribution in [3.8, 4) is 0 Å². The SMILES string of the molecule is Cc1cc(C(=O)N2CCC(Nc3cccc(F)c3)(C(=O)N(C)C)CC2)no1. The van der Waals surface area contributed by atoms with Gasteiger partial charge in [0, 0.05) is 38.9 Å². The highest BCUT2D eigenvalue weighted by molar-refractivity contribution is 5.93. The highest BCUT2D eigenvalue weighted by Gasteiger charge is 2.43. The predicted molar refractivity (Wildman–Crippen MR) is 97.8 cm³/mol. The zero-order valence-electron chi connectivity index (χ0n) is 15.7. The van der Waals surface area contributed by atoms with Crippen molar-refractivity contribution in [1.82, 2.24) is 15.0 Å². The van der Waals surface area contributed by atoms with Crippen LogP contribution in [-0.4, -0.2) is 59.5 Å². The van der Waals surface area contributed by atoms with E-state index in [0.717, 1.165) is 0 Å². The number of hydrogen-bond donors (Lipinski definition) is 1. The molecule has 1 saturated heterocycles. The number of carbonyl (C=O) groups excluding carboxylic acids is 2. The van der Waals surface area contributed by atoms with Crippen molar-refractivity contribution in [2.45, 2.75) is 25.3 Å². The molecule has 1 aromatic carbocycles. The lowest BCUT2D eigenvalue weighted by molar-refractivity contribution is -0.135. The maximum atomic E-state index is 13.6. The largest absolute Gasteiger partial charge is 0.371 e. The van der Waals surface area contributed by atoms with E-state index in [-0.39, 0.29) is 23.3 Å². The van der Waals surface area contributed by atoms with Crippen LogP contribution >= 0.6 is 0 Å². The van der Waals surface area contributed by atoms with E-state index in [2.05, 4.69) is 10.5 Å². The Morgan fingerprint density at radius 1 is 1.26 bits per heavy atom. The van der Waals surface area contributed by atoms with Crippen LogP contribution in [-0.2, 0) is 4.79 Å². The van der Waals surface area contributed by atoms with Crippen molar-refractivity contribution >= 4 is 17.5 Å². The van der Waals surface area contributed by atoms with Crippen molar-refractivity contribution in [2.24, 2.45) is 0 Å². The fraction of sp³-hybridized carbons (Fsp3) is 0.421. The van der Waals surface area contributed by atoms with Gasteiger partial charge in [0.2, 0.25) is 5.91 Å². The monoisotopic (exact) mass is 374 g/mol. The summed E-state index contributed by atoms with van der Waals surface area (Å²) in [5.41, 5.74) is -0.0949. The third kappa shape index (κ3) is 3.94. The summed E-state index contributed by atoms with van der Waals surface area (Å²) in [6.45, 7) is 2.49. The summed E-state index contributed by atoms with van der Waals surface area (Å²) in [6, 6.07) is 7.63. The summed E-state index contributed by atoms with van der Waals surface area (Å²) in [5, 5.41) is 6.99. The molecule has 8 heteroatoms. The van der Waals surface area contributed by atoms with Crippen LogP contribution in [0.25, 0.3) is 0 Å². The van der Waals surface area contributed by atoms with E-state index in [4.69, 9.17) is 4.52 Å².